The lowest BCUT2D eigenvalue weighted by Gasteiger charge is -2.33. The maximum Gasteiger partial charge on any atom is 0.319 e. The molecule has 0 spiro atoms. The smallest absolute Gasteiger partial charge is 0.319 e. The van der Waals surface area contributed by atoms with Gasteiger partial charge in [0.05, 0.1) is 0 Å². The molecule has 2 aromatic rings. The summed E-state index contributed by atoms with van der Waals surface area (Å²) in [5, 5.41) is 5.82. The van der Waals surface area contributed by atoms with Crippen LogP contribution in [0.4, 0.5) is 10.5 Å². The van der Waals surface area contributed by atoms with Crippen LogP contribution in [0.25, 0.3) is 0 Å². The molecule has 2 aromatic carbocycles. The van der Waals surface area contributed by atoms with Crippen molar-refractivity contribution in [1.29, 1.82) is 0 Å². The molecule has 172 valence electrons. The summed E-state index contributed by atoms with van der Waals surface area (Å²) in [7, 11) is 0. The van der Waals surface area contributed by atoms with E-state index in [0.29, 0.717) is 13.1 Å². The standard InChI is InChI=1S/C26H36N4O2/c1-4-29(5-2)18-21-10-12-23(13-11-21)25(31)30-16-6-7-22(19-30)17-27-26(32)28-24-14-8-20(3)9-15-24/h8-15,22H,4-7,16-19H2,1-3H3,(H2,27,28,32). The Kier molecular flexibility index (Phi) is 8.68. The number of piperidine rings is 1. The summed E-state index contributed by atoms with van der Waals surface area (Å²) in [6.45, 7) is 11.3. The molecule has 2 N–H and O–H groups in total. The highest BCUT2D eigenvalue weighted by molar-refractivity contribution is 5.94. The van der Waals surface area contributed by atoms with E-state index in [2.05, 4.69) is 41.5 Å². The van der Waals surface area contributed by atoms with Crippen molar-refractivity contribution in [3.05, 3.63) is 65.2 Å². The first-order valence-electron chi connectivity index (χ1n) is 11.7. The van der Waals surface area contributed by atoms with Crippen LogP contribution in [0.1, 0.15) is 48.2 Å². The van der Waals surface area contributed by atoms with Crippen molar-refractivity contribution in [2.45, 2.75) is 40.2 Å². The van der Waals surface area contributed by atoms with Gasteiger partial charge < -0.3 is 15.5 Å². The van der Waals surface area contributed by atoms with Gasteiger partial charge in [0.25, 0.3) is 5.91 Å². The van der Waals surface area contributed by atoms with Crippen molar-refractivity contribution in [3.8, 4) is 0 Å². The molecule has 1 saturated heterocycles. The Bertz CT molecular complexity index is 876. The number of carbonyl (C=O) groups excluding carboxylic acids is 2. The number of nitrogens with one attached hydrogen (secondary N) is 2. The number of benzene rings is 2. The highest BCUT2D eigenvalue weighted by atomic mass is 16.2. The molecule has 3 rings (SSSR count). The second-order valence-corrected chi connectivity index (χ2v) is 8.62. The Morgan fingerprint density at radius 2 is 1.72 bits per heavy atom. The summed E-state index contributed by atoms with van der Waals surface area (Å²) in [5.74, 6) is 0.339. The largest absolute Gasteiger partial charge is 0.338 e. The first kappa shape index (κ1) is 23.8. The average Bonchev–Trinajstić information content (AvgIpc) is 2.83. The third-order valence-electron chi connectivity index (χ3n) is 6.17. The monoisotopic (exact) mass is 436 g/mol. The molecular formula is C26H36N4O2. The number of anilines is 1. The molecule has 0 aromatic heterocycles. The minimum absolute atomic E-state index is 0.0770. The molecule has 6 heteroatoms. The Morgan fingerprint density at radius 3 is 2.38 bits per heavy atom. The summed E-state index contributed by atoms with van der Waals surface area (Å²) >= 11 is 0. The SMILES string of the molecule is CCN(CC)Cc1ccc(C(=O)N2CCCC(CNC(=O)Nc3ccc(C)cc3)C2)cc1. The third-order valence-corrected chi connectivity index (χ3v) is 6.17. The molecule has 0 aliphatic carbocycles. The third kappa shape index (κ3) is 6.82. The molecule has 1 atom stereocenters. The van der Waals surface area contributed by atoms with Gasteiger partial charge in [-0.05, 0) is 68.6 Å². The second kappa shape index (κ2) is 11.7. The predicted octanol–water partition coefficient (Wildman–Crippen LogP) is 4.51. The van der Waals surface area contributed by atoms with Gasteiger partial charge in [-0.3, -0.25) is 9.69 Å². The van der Waals surface area contributed by atoms with E-state index in [1.165, 1.54) is 5.56 Å². The number of hydrogen-bond donors (Lipinski definition) is 2. The van der Waals surface area contributed by atoms with Crippen LogP contribution in [0.15, 0.2) is 48.5 Å². The predicted molar refractivity (Wildman–Crippen MR) is 130 cm³/mol. The normalized spacial score (nSPS) is 16.1. The van der Waals surface area contributed by atoms with E-state index in [4.69, 9.17) is 0 Å². The molecule has 0 radical (unpaired) electrons. The van der Waals surface area contributed by atoms with E-state index < -0.39 is 0 Å². The zero-order valence-corrected chi connectivity index (χ0v) is 19.6. The van der Waals surface area contributed by atoms with E-state index in [-0.39, 0.29) is 17.9 Å². The van der Waals surface area contributed by atoms with Gasteiger partial charge in [-0.1, -0.05) is 43.7 Å². The van der Waals surface area contributed by atoms with E-state index in [1.54, 1.807) is 0 Å². The summed E-state index contributed by atoms with van der Waals surface area (Å²) in [4.78, 5) is 29.5. The molecule has 0 saturated carbocycles. The minimum Gasteiger partial charge on any atom is -0.338 e. The van der Waals surface area contributed by atoms with Crippen LogP contribution in [-0.2, 0) is 6.54 Å². The molecule has 0 bridgehead atoms. The van der Waals surface area contributed by atoms with E-state index >= 15 is 0 Å². The molecular weight excluding hydrogens is 400 g/mol. The molecule has 1 fully saturated rings. The van der Waals surface area contributed by atoms with E-state index in [9.17, 15) is 9.59 Å². The molecule has 3 amide bonds. The molecule has 1 aliphatic rings. The number of aryl methyl sites for hydroxylation is 1. The zero-order chi connectivity index (χ0) is 22.9. The van der Waals surface area contributed by atoms with Crippen LogP contribution in [0, 0.1) is 12.8 Å². The number of likely N-dealkylation sites (tertiary alicyclic amines) is 1. The van der Waals surface area contributed by atoms with Crippen molar-refractivity contribution in [2.75, 3.05) is 38.0 Å². The minimum atomic E-state index is -0.207. The second-order valence-electron chi connectivity index (χ2n) is 8.62. The number of amides is 3. The summed E-state index contributed by atoms with van der Waals surface area (Å²) in [6, 6.07) is 15.5. The fraction of sp³-hybridized carbons (Fsp3) is 0.462. The lowest BCUT2D eigenvalue weighted by atomic mass is 9.97. The van der Waals surface area contributed by atoms with Gasteiger partial charge in [0.2, 0.25) is 0 Å². The number of nitrogens with zero attached hydrogens (tertiary/aromatic N) is 2. The van der Waals surface area contributed by atoms with Crippen LogP contribution in [0.2, 0.25) is 0 Å². The van der Waals surface area contributed by atoms with Crippen molar-refractivity contribution in [3.63, 3.8) is 0 Å². The summed E-state index contributed by atoms with van der Waals surface area (Å²) in [5.41, 5.74) is 3.89. The molecule has 32 heavy (non-hydrogen) atoms. The van der Waals surface area contributed by atoms with Crippen LogP contribution >= 0.6 is 0 Å². The Morgan fingerprint density at radius 1 is 1.03 bits per heavy atom. The maximum atomic E-state index is 13.0. The Balaban J connectivity index is 1.48. The van der Waals surface area contributed by atoms with Crippen molar-refractivity contribution in [2.24, 2.45) is 5.92 Å². The van der Waals surface area contributed by atoms with Gasteiger partial charge in [-0.15, -0.1) is 0 Å². The molecule has 1 heterocycles. The molecule has 1 unspecified atom stereocenters. The van der Waals surface area contributed by atoms with Gasteiger partial charge in [0.15, 0.2) is 0 Å². The quantitative estimate of drug-likeness (QED) is 0.640. The highest BCUT2D eigenvalue weighted by Crippen LogP contribution is 2.19. The van der Waals surface area contributed by atoms with Gasteiger partial charge >= 0.3 is 6.03 Å². The van der Waals surface area contributed by atoms with Crippen molar-refractivity contribution in [1.82, 2.24) is 15.1 Å². The van der Waals surface area contributed by atoms with Gasteiger partial charge in [-0.25, -0.2) is 4.79 Å². The van der Waals surface area contributed by atoms with Gasteiger partial charge in [0.1, 0.15) is 0 Å². The topological polar surface area (TPSA) is 64.7 Å². The van der Waals surface area contributed by atoms with Gasteiger partial charge in [0, 0.05) is 37.4 Å². The first-order valence-corrected chi connectivity index (χ1v) is 11.7. The van der Waals surface area contributed by atoms with Crippen LogP contribution in [0.5, 0.6) is 0 Å². The lowest BCUT2D eigenvalue weighted by molar-refractivity contribution is 0.0675. The summed E-state index contributed by atoms with van der Waals surface area (Å²) in [6.07, 6.45) is 1.97. The fourth-order valence-corrected chi connectivity index (χ4v) is 4.11. The van der Waals surface area contributed by atoms with E-state index in [0.717, 1.165) is 55.8 Å². The zero-order valence-electron chi connectivity index (χ0n) is 19.6. The molecule has 1 aliphatic heterocycles. The Hall–Kier alpha value is -2.86. The van der Waals surface area contributed by atoms with Crippen molar-refractivity contribution < 1.29 is 9.59 Å². The number of rotatable bonds is 8. The Labute approximate surface area is 192 Å². The maximum absolute atomic E-state index is 13.0. The van der Waals surface area contributed by atoms with Crippen LogP contribution < -0.4 is 10.6 Å². The van der Waals surface area contributed by atoms with Crippen LogP contribution in [-0.4, -0.2) is 54.5 Å². The van der Waals surface area contributed by atoms with Crippen molar-refractivity contribution >= 4 is 17.6 Å². The molecule has 6 nitrogen and oxygen atoms in total. The highest BCUT2D eigenvalue weighted by Gasteiger charge is 2.25. The first-order chi connectivity index (χ1) is 15.5. The van der Waals surface area contributed by atoms with E-state index in [1.807, 2.05) is 48.2 Å². The number of carbonyl (C=O) groups is 2. The fourth-order valence-electron chi connectivity index (χ4n) is 4.11. The van der Waals surface area contributed by atoms with Crippen LogP contribution in [0.3, 0.4) is 0 Å². The lowest BCUT2D eigenvalue weighted by Crippen LogP contribution is -2.44. The van der Waals surface area contributed by atoms with Gasteiger partial charge in [-0.2, -0.15) is 0 Å². The average molecular weight is 437 g/mol. The summed E-state index contributed by atoms with van der Waals surface area (Å²) < 4.78 is 0. The number of urea groups is 1. The number of hydrogen-bond acceptors (Lipinski definition) is 3.